The van der Waals surface area contributed by atoms with Crippen molar-refractivity contribution < 1.29 is 4.79 Å². The van der Waals surface area contributed by atoms with Gasteiger partial charge in [0.1, 0.15) is 16.2 Å². The van der Waals surface area contributed by atoms with Crippen LogP contribution in [0.25, 0.3) is 10.2 Å². The minimum Gasteiger partial charge on any atom is -0.353 e. The van der Waals surface area contributed by atoms with Crippen LogP contribution in [0, 0.1) is 19.8 Å². The van der Waals surface area contributed by atoms with Crippen LogP contribution in [0.5, 0.6) is 0 Å². The fourth-order valence-electron chi connectivity index (χ4n) is 2.61. The summed E-state index contributed by atoms with van der Waals surface area (Å²) in [5, 5.41) is 5.10. The van der Waals surface area contributed by atoms with Crippen molar-refractivity contribution in [1.29, 1.82) is 0 Å². The van der Waals surface area contributed by atoms with Gasteiger partial charge in [-0.1, -0.05) is 38.5 Å². The molecule has 0 aliphatic carbocycles. The lowest BCUT2D eigenvalue weighted by Crippen LogP contribution is -2.33. The minimum absolute atomic E-state index is 0.0772. The highest BCUT2D eigenvalue weighted by Gasteiger charge is 2.14. The lowest BCUT2D eigenvalue weighted by molar-refractivity contribution is -0.119. The van der Waals surface area contributed by atoms with Gasteiger partial charge in [-0.05, 0) is 38.7 Å². The molecular weight excluding hydrogens is 338 g/mol. The first-order chi connectivity index (χ1) is 11.4. The number of thioether (sulfide) groups is 1. The fraction of sp³-hybridized carbons (Fsp3) is 0.611. The summed E-state index contributed by atoms with van der Waals surface area (Å²) < 4.78 is 0. The maximum Gasteiger partial charge on any atom is 0.230 e. The van der Waals surface area contributed by atoms with Crippen molar-refractivity contribution in [2.24, 2.45) is 5.92 Å². The molecule has 0 fully saturated rings. The molecule has 1 N–H and O–H groups in total. The number of carbonyl (C=O) groups is 1. The Bertz CT molecular complexity index is 697. The van der Waals surface area contributed by atoms with Gasteiger partial charge >= 0.3 is 0 Å². The first-order valence-electron chi connectivity index (χ1n) is 8.51. The van der Waals surface area contributed by atoms with Gasteiger partial charge < -0.3 is 5.32 Å². The number of hydrogen-bond acceptors (Lipinski definition) is 5. The van der Waals surface area contributed by atoms with Gasteiger partial charge in [-0.25, -0.2) is 9.97 Å². The fourth-order valence-corrected chi connectivity index (χ4v) is 4.54. The molecule has 2 rings (SSSR count). The van der Waals surface area contributed by atoms with Crippen LogP contribution in [0.3, 0.4) is 0 Å². The Hall–Kier alpha value is -1.14. The van der Waals surface area contributed by atoms with Gasteiger partial charge in [-0.2, -0.15) is 0 Å². The topological polar surface area (TPSA) is 54.9 Å². The molecule has 1 amide bonds. The van der Waals surface area contributed by atoms with E-state index in [9.17, 15) is 4.79 Å². The number of nitrogens with zero attached hydrogens (tertiary/aromatic N) is 2. The van der Waals surface area contributed by atoms with Gasteiger partial charge in [0.05, 0.1) is 5.75 Å². The van der Waals surface area contributed by atoms with Crippen LogP contribution in [0.4, 0.5) is 0 Å². The van der Waals surface area contributed by atoms with Crippen LogP contribution in [0.1, 0.15) is 50.5 Å². The molecule has 2 aromatic heterocycles. The molecule has 0 saturated heterocycles. The van der Waals surface area contributed by atoms with E-state index in [4.69, 9.17) is 0 Å². The zero-order chi connectivity index (χ0) is 17.7. The molecule has 24 heavy (non-hydrogen) atoms. The smallest absolute Gasteiger partial charge is 0.230 e. The number of aryl methyl sites for hydroxylation is 2. The first-order valence-corrected chi connectivity index (χ1v) is 10.3. The average molecular weight is 366 g/mol. The molecule has 1 atom stereocenters. The van der Waals surface area contributed by atoms with E-state index in [0.29, 0.717) is 5.75 Å². The lowest BCUT2D eigenvalue weighted by atomic mass is 10.0. The van der Waals surface area contributed by atoms with Crippen molar-refractivity contribution >= 4 is 39.2 Å². The third-order valence-corrected chi connectivity index (χ3v) is 6.20. The molecule has 2 aromatic rings. The highest BCUT2D eigenvalue weighted by molar-refractivity contribution is 8.00. The number of carbonyl (C=O) groups excluding carboxylic acids is 1. The SMILES string of the molecule is Cc1sc2ncnc(SCC(=O)N[C@@H](C)CCCC(C)C)c2c1C. The lowest BCUT2D eigenvalue weighted by Gasteiger charge is -2.14. The standard InChI is InChI=1S/C18H27N3OS2/c1-11(2)7-6-8-12(3)21-15(22)9-23-17-16-13(4)14(5)24-18(16)20-10-19-17/h10-12H,6-9H2,1-5H3,(H,21,22)/t12-/m0/s1. The van der Waals surface area contributed by atoms with E-state index in [2.05, 4.69) is 49.9 Å². The molecule has 0 bridgehead atoms. The number of aromatic nitrogens is 2. The number of thiophene rings is 1. The third kappa shape index (κ3) is 5.18. The Labute approximate surface area is 152 Å². The molecular formula is C18H27N3OS2. The highest BCUT2D eigenvalue weighted by atomic mass is 32.2. The quantitative estimate of drug-likeness (QED) is 0.543. The average Bonchev–Trinajstić information content (AvgIpc) is 2.80. The maximum atomic E-state index is 12.2. The van der Waals surface area contributed by atoms with Crippen LogP contribution in [-0.4, -0.2) is 27.7 Å². The molecule has 0 saturated carbocycles. The predicted molar refractivity (Wildman–Crippen MR) is 104 cm³/mol. The summed E-state index contributed by atoms with van der Waals surface area (Å²) in [6.45, 7) is 10.7. The highest BCUT2D eigenvalue weighted by Crippen LogP contribution is 2.34. The third-order valence-electron chi connectivity index (χ3n) is 4.10. The van der Waals surface area contributed by atoms with Gasteiger partial charge in [0.25, 0.3) is 0 Å². The van der Waals surface area contributed by atoms with Crippen molar-refractivity contribution in [2.45, 2.75) is 64.9 Å². The van der Waals surface area contributed by atoms with E-state index in [1.54, 1.807) is 17.7 Å². The van der Waals surface area contributed by atoms with Gasteiger partial charge in [0.15, 0.2) is 0 Å². The van der Waals surface area contributed by atoms with E-state index < -0.39 is 0 Å². The van der Waals surface area contributed by atoms with Crippen molar-refractivity contribution in [3.05, 3.63) is 16.8 Å². The number of fused-ring (bicyclic) bond motifs is 1. The molecule has 0 aliphatic heterocycles. The first kappa shape index (κ1) is 19.2. The monoisotopic (exact) mass is 365 g/mol. The Balaban J connectivity index is 1.88. The molecule has 0 aromatic carbocycles. The molecule has 0 unspecified atom stereocenters. The second-order valence-corrected chi connectivity index (χ2v) is 8.89. The summed E-state index contributed by atoms with van der Waals surface area (Å²) in [5.74, 6) is 1.20. The Kier molecular flexibility index (Phi) is 7.04. The van der Waals surface area contributed by atoms with Gasteiger partial charge in [0.2, 0.25) is 5.91 Å². The van der Waals surface area contributed by atoms with Crippen molar-refractivity contribution in [3.63, 3.8) is 0 Å². The van der Waals surface area contributed by atoms with E-state index in [1.165, 1.54) is 28.6 Å². The van der Waals surface area contributed by atoms with Crippen molar-refractivity contribution in [1.82, 2.24) is 15.3 Å². The summed E-state index contributed by atoms with van der Waals surface area (Å²) in [5.41, 5.74) is 1.22. The van der Waals surface area contributed by atoms with E-state index in [1.807, 2.05) is 0 Å². The van der Waals surface area contributed by atoms with E-state index in [-0.39, 0.29) is 11.9 Å². The van der Waals surface area contributed by atoms with Crippen LogP contribution in [0.15, 0.2) is 11.4 Å². The van der Waals surface area contributed by atoms with Gasteiger partial charge in [-0.3, -0.25) is 4.79 Å². The van der Waals surface area contributed by atoms with Gasteiger partial charge in [-0.15, -0.1) is 11.3 Å². The maximum absolute atomic E-state index is 12.2. The normalized spacial score (nSPS) is 12.8. The van der Waals surface area contributed by atoms with Crippen LogP contribution < -0.4 is 5.32 Å². The number of nitrogens with one attached hydrogen (secondary N) is 1. The summed E-state index contributed by atoms with van der Waals surface area (Å²) in [6, 6.07) is 0.229. The number of amides is 1. The van der Waals surface area contributed by atoms with Crippen molar-refractivity contribution in [3.8, 4) is 0 Å². The van der Waals surface area contributed by atoms with Crippen LogP contribution >= 0.6 is 23.1 Å². The number of hydrogen-bond donors (Lipinski definition) is 1. The predicted octanol–water partition coefficient (Wildman–Crippen LogP) is 4.73. The Morgan fingerprint density at radius 1 is 1.25 bits per heavy atom. The summed E-state index contributed by atoms with van der Waals surface area (Å²) in [7, 11) is 0. The van der Waals surface area contributed by atoms with Crippen LogP contribution in [-0.2, 0) is 4.79 Å². The Morgan fingerprint density at radius 2 is 2.00 bits per heavy atom. The zero-order valence-electron chi connectivity index (χ0n) is 15.2. The molecule has 0 spiro atoms. The van der Waals surface area contributed by atoms with Gasteiger partial charge in [0, 0.05) is 16.3 Å². The Morgan fingerprint density at radius 3 is 2.71 bits per heavy atom. The summed E-state index contributed by atoms with van der Waals surface area (Å²) in [6.07, 6.45) is 5.00. The molecule has 132 valence electrons. The second-order valence-electron chi connectivity index (χ2n) is 6.72. The molecule has 0 aliphatic rings. The molecule has 2 heterocycles. The number of rotatable bonds is 8. The molecule has 6 heteroatoms. The molecule has 0 radical (unpaired) electrons. The van der Waals surface area contributed by atoms with Crippen LogP contribution in [0.2, 0.25) is 0 Å². The second kappa shape index (κ2) is 8.81. The molecule has 4 nitrogen and oxygen atoms in total. The summed E-state index contributed by atoms with van der Waals surface area (Å²) in [4.78, 5) is 23.2. The summed E-state index contributed by atoms with van der Waals surface area (Å²) >= 11 is 3.18. The van der Waals surface area contributed by atoms with E-state index in [0.717, 1.165) is 34.0 Å². The van der Waals surface area contributed by atoms with Crippen molar-refractivity contribution in [2.75, 3.05) is 5.75 Å². The van der Waals surface area contributed by atoms with E-state index >= 15 is 0 Å². The minimum atomic E-state index is 0.0772. The largest absolute Gasteiger partial charge is 0.353 e. The zero-order valence-corrected chi connectivity index (χ0v) is 16.8.